The molecule has 2 aliphatic rings. The molecule has 4 aromatic rings. The Kier molecular flexibility index (Phi) is 7.51. The quantitative estimate of drug-likeness (QED) is 0.302. The topological polar surface area (TPSA) is 70.0 Å². The Balaban J connectivity index is 1.49. The Bertz CT molecular complexity index is 1610. The van der Waals surface area contributed by atoms with Crippen LogP contribution < -0.4 is 10.5 Å². The van der Waals surface area contributed by atoms with E-state index in [2.05, 4.69) is 36.8 Å². The molecule has 1 amide bonds. The van der Waals surface area contributed by atoms with Crippen LogP contribution in [0.4, 0.5) is 0 Å². The summed E-state index contributed by atoms with van der Waals surface area (Å²) < 4.78 is 1.90. The highest BCUT2D eigenvalue weighted by Crippen LogP contribution is 2.37. The highest BCUT2D eigenvalue weighted by atomic mass is 79.9. The number of piperidine rings is 1. The number of carbonyl (C=O) groups excluding carboxylic acids is 1. The first-order chi connectivity index (χ1) is 19.0. The Hall–Kier alpha value is -3.07. The molecule has 0 radical (unpaired) electrons. The zero-order valence-corrected chi connectivity index (χ0v) is 24.6. The zero-order valence-electron chi connectivity index (χ0n) is 21.4. The van der Waals surface area contributed by atoms with Crippen LogP contribution in [0.15, 0.2) is 91.6 Å². The Morgan fingerprint density at radius 3 is 2.38 bits per heavy atom. The first kappa shape index (κ1) is 26.2. The lowest BCUT2D eigenvalue weighted by atomic mass is 9.91. The van der Waals surface area contributed by atoms with Crippen LogP contribution >= 0.6 is 31.9 Å². The number of hydrogen-bond donors (Lipinski definition) is 2. The van der Waals surface area contributed by atoms with Crippen LogP contribution in [0.25, 0.3) is 22.0 Å². The molecule has 0 aliphatic carbocycles. The molecule has 8 heteroatoms. The molecule has 1 atom stereocenters. The van der Waals surface area contributed by atoms with E-state index >= 15 is 0 Å². The number of rotatable bonds is 5. The molecule has 3 aromatic carbocycles. The second kappa shape index (κ2) is 11.2. The standard InChI is InChI=1S/C31H28Br2N4O2/c32-22-11-9-20(10-12-22)27-18-26(35-37(27)28(38)19-36-15-5-2-6-16-36)30-29(21-7-3-1-4-8-21)24-17-23(33)13-14-25(24)34-31(30)39/h1,3-4,7-14,17,27H,2,5-6,15-16,18-19H2,(H,34,39)/p+1/t27-/m1/s1. The molecule has 0 unspecified atom stereocenters. The molecule has 2 N–H and O–H groups in total. The molecular weight excluding hydrogens is 620 g/mol. The SMILES string of the molecule is O=C(C[NH+]1CCCCC1)N1N=C(c2c(-c3ccccc3)c3cc(Br)ccc3[nH]c2=O)C[C@@H]1c1ccc(Br)cc1. The minimum atomic E-state index is -0.272. The van der Waals surface area contributed by atoms with Gasteiger partial charge in [-0.2, -0.15) is 5.10 Å². The number of fused-ring (bicyclic) bond motifs is 1. The number of amides is 1. The highest BCUT2D eigenvalue weighted by molar-refractivity contribution is 9.10. The largest absolute Gasteiger partial charge is 0.327 e. The third kappa shape index (κ3) is 5.38. The minimum Gasteiger partial charge on any atom is -0.327 e. The van der Waals surface area contributed by atoms with Crippen LogP contribution in [0.2, 0.25) is 0 Å². The van der Waals surface area contributed by atoms with Crippen molar-refractivity contribution in [2.24, 2.45) is 5.10 Å². The molecule has 2 aliphatic heterocycles. The predicted octanol–water partition coefficient (Wildman–Crippen LogP) is 5.47. The van der Waals surface area contributed by atoms with Crippen molar-refractivity contribution in [1.29, 1.82) is 0 Å². The number of H-pyrrole nitrogens is 1. The third-order valence-corrected chi connectivity index (χ3v) is 8.73. The number of likely N-dealkylation sites (tertiary alicyclic amines) is 1. The molecule has 1 fully saturated rings. The van der Waals surface area contributed by atoms with Gasteiger partial charge in [-0.15, -0.1) is 0 Å². The average Bonchev–Trinajstić information content (AvgIpc) is 3.39. The van der Waals surface area contributed by atoms with Crippen molar-refractivity contribution in [2.45, 2.75) is 31.7 Å². The summed E-state index contributed by atoms with van der Waals surface area (Å²) in [6, 6.07) is 23.6. The number of nitrogens with zero attached hydrogens (tertiary/aromatic N) is 2. The van der Waals surface area contributed by atoms with E-state index in [0.717, 1.165) is 62.5 Å². The monoisotopic (exact) mass is 647 g/mol. The molecule has 1 aromatic heterocycles. The van der Waals surface area contributed by atoms with E-state index in [0.29, 0.717) is 24.2 Å². The van der Waals surface area contributed by atoms with Crippen molar-refractivity contribution in [2.75, 3.05) is 19.6 Å². The highest BCUT2D eigenvalue weighted by Gasteiger charge is 2.37. The number of nitrogens with one attached hydrogen (secondary N) is 2. The molecule has 6 rings (SSSR count). The van der Waals surface area contributed by atoms with Gasteiger partial charge in [-0.3, -0.25) is 9.59 Å². The summed E-state index contributed by atoms with van der Waals surface area (Å²) in [6.07, 6.45) is 3.99. The van der Waals surface area contributed by atoms with Gasteiger partial charge in [-0.25, -0.2) is 5.01 Å². The fourth-order valence-corrected chi connectivity index (χ4v) is 6.43. The van der Waals surface area contributed by atoms with Crippen molar-refractivity contribution >= 4 is 54.4 Å². The smallest absolute Gasteiger partial charge is 0.298 e. The second-order valence-electron chi connectivity index (χ2n) is 10.3. The second-order valence-corrected chi connectivity index (χ2v) is 12.1. The number of carbonyl (C=O) groups is 1. The summed E-state index contributed by atoms with van der Waals surface area (Å²) in [5, 5.41) is 7.49. The number of aromatic nitrogens is 1. The summed E-state index contributed by atoms with van der Waals surface area (Å²) in [6.45, 7) is 2.43. The summed E-state index contributed by atoms with van der Waals surface area (Å²) >= 11 is 7.13. The van der Waals surface area contributed by atoms with Crippen molar-refractivity contribution in [3.63, 3.8) is 0 Å². The van der Waals surface area contributed by atoms with Crippen molar-refractivity contribution in [3.05, 3.63) is 103 Å². The summed E-state index contributed by atoms with van der Waals surface area (Å²) in [7, 11) is 0. The summed E-state index contributed by atoms with van der Waals surface area (Å²) in [4.78, 5) is 31.8. The van der Waals surface area contributed by atoms with E-state index in [1.165, 1.54) is 11.3 Å². The molecule has 198 valence electrons. The van der Waals surface area contributed by atoms with E-state index in [1.807, 2.05) is 72.8 Å². The summed E-state index contributed by atoms with van der Waals surface area (Å²) in [5.41, 5.74) is 4.48. The molecule has 6 nitrogen and oxygen atoms in total. The lowest BCUT2D eigenvalue weighted by molar-refractivity contribution is -0.897. The van der Waals surface area contributed by atoms with Gasteiger partial charge in [-0.1, -0.05) is 74.3 Å². The van der Waals surface area contributed by atoms with Gasteiger partial charge >= 0.3 is 0 Å². The van der Waals surface area contributed by atoms with Crippen LogP contribution in [-0.2, 0) is 4.79 Å². The average molecular weight is 649 g/mol. The van der Waals surface area contributed by atoms with Crippen LogP contribution in [0.1, 0.15) is 42.9 Å². The first-order valence-corrected chi connectivity index (χ1v) is 15.0. The fraction of sp³-hybridized carbons (Fsp3) is 0.258. The lowest BCUT2D eigenvalue weighted by Gasteiger charge is -2.27. The Morgan fingerprint density at radius 2 is 1.64 bits per heavy atom. The maximum absolute atomic E-state index is 13.7. The molecule has 1 saturated heterocycles. The van der Waals surface area contributed by atoms with Crippen molar-refractivity contribution in [3.8, 4) is 11.1 Å². The van der Waals surface area contributed by atoms with Gasteiger partial charge in [0.05, 0.1) is 30.4 Å². The number of hydrazone groups is 1. The van der Waals surface area contributed by atoms with Gasteiger partial charge in [0, 0.05) is 31.8 Å². The van der Waals surface area contributed by atoms with Crippen molar-refractivity contribution in [1.82, 2.24) is 9.99 Å². The maximum atomic E-state index is 13.7. The normalized spacial score (nSPS) is 17.9. The van der Waals surface area contributed by atoms with Gasteiger partial charge < -0.3 is 9.88 Å². The van der Waals surface area contributed by atoms with Crippen molar-refractivity contribution < 1.29 is 9.69 Å². The number of halogens is 2. The molecule has 39 heavy (non-hydrogen) atoms. The first-order valence-electron chi connectivity index (χ1n) is 13.4. The van der Waals surface area contributed by atoms with Gasteiger partial charge in [0.25, 0.3) is 11.5 Å². The molecule has 0 spiro atoms. The Labute approximate surface area is 244 Å². The lowest BCUT2D eigenvalue weighted by Crippen LogP contribution is -3.13. The zero-order chi connectivity index (χ0) is 26.9. The van der Waals surface area contributed by atoms with E-state index in [9.17, 15) is 9.59 Å². The van der Waals surface area contributed by atoms with Crippen LogP contribution in [0.5, 0.6) is 0 Å². The number of benzene rings is 3. The van der Waals surface area contributed by atoms with E-state index < -0.39 is 0 Å². The third-order valence-electron chi connectivity index (χ3n) is 7.71. The van der Waals surface area contributed by atoms with Crippen LogP contribution in [0.3, 0.4) is 0 Å². The number of pyridine rings is 1. The fourth-order valence-electron chi connectivity index (χ4n) is 5.80. The number of quaternary nitrogens is 1. The number of aromatic amines is 1. The van der Waals surface area contributed by atoms with Crippen LogP contribution in [-0.4, -0.2) is 41.2 Å². The van der Waals surface area contributed by atoms with Gasteiger partial charge in [0.2, 0.25) is 0 Å². The van der Waals surface area contributed by atoms with Gasteiger partial charge in [0.15, 0.2) is 6.54 Å². The minimum absolute atomic E-state index is 0.00366. The van der Waals surface area contributed by atoms with E-state index in [4.69, 9.17) is 5.10 Å². The van der Waals surface area contributed by atoms with E-state index in [-0.39, 0.29) is 17.5 Å². The van der Waals surface area contributed by atoms with Gasteiger partial charge in [0.1, 0.15) is 0 Å². The Morgan fingerprint density at radius 1 is 0.923 bits per heavy atom. The maximum Gasteiger partial charge on any atom is 0.298 e. The molecule has 0 bridgehead atoms. The van der Waals surface area contributed by atoms with Gasteiger partial charge in [-0.05, 0) is 60.7 Å². The molecule has 3 heterocycles. The molecule has 0 saturated carbocycles. The predicted molar refractivity (Wildman–Crippen MR) is 162 cm³/mol. The summed E-state index contributed by atoms with van der Waals surface area (Å²) in [5.74, 6) is -0.00366. The number of hydrogen-bond acceptors (Lipinski definition) is 3. The molecular formula is C31H29Br2N4O2+. The van der Waals surface area contributed by atoms with Crippen LogP contribution in [0, 0.1) is 0 Å². The van der Waals surface area contributed by atoms with E-state index in [1.54, 1.807) is 5.01 Å².